The largest absolute Gasteiger partial charge is 0.391 e. The number of aliphatic hydroxyl groups is 1. The fraction of sp³-hybridized carbons (Fsp3) is 0.417. The van der Waals surface area contributed by atoms with E-state index in [9.17, 15) is 5.11 Å². The molecule has 0 spiro atoms. The van der Waals surface area contributed by atoms with Gasteiger partial charge in [0.05, 0.1) is 17.4 Å². The molecule has 4 heteroatoms. The van der Waals surface area contributed by atoms with Crippen molar-refractivity contribution in [3.05, 3.63) is 28.2 Å². The highest BCUT2D eigenvalue weighted by molar-refractivity contribution is 9.10. The van der Waals surface area contributed by atoms with Crippen molar-refractivity contribution in [2.45, 2.75) is 18.9 Å². The van der Waals surface area contributed by atoms with E-state index in [4.69, 9.17) is 5.26 Å². The van der Waals surface area contributed by atoms with E-state index in [1.165, 1.54) is 0 Å². The summed E-state index contributed by atoms with van der Waals surface area (Å²) in [6.07, 6.45) is 1.93. The van der Waals surface area contributed by atoms with Crippen LogP contribution in [0.4, 0.5) is 5.69 Å². The number of nitriles is 1. The van der Waals surface area contributed by atoms with E-state index in [1.54, 1.807) is 0 Å². The molecule has 0 aromatic heterocycles. The summed E-state index contributed by atoms with van der Waals surface area (Å²) in [4.78, 5) is 0. The van der Waals surface area contributed by atoms with Gasteiger partial charge in [-0.1, -0.05) is 6.07 Å². The van der Waals surface area contributed by atoms with E-state index in [2.05, 4.69) is 27.3 Å². The van der Waals surface area contributed by atoms with Gasteiger partial charge in [-0.15, -0.1) is 0 Å². The maximum atomic E-state index is 9.73. The van der Waals surface area contributed by atoms with Crippen molar-refractivity contribution in [1.29, 1.82) is 5.26 Å². The summed E-state index contributed by atoms with van der Waals surface area (Å²) in [5, 5.41) is 21.9. The first-order chi connectivity index (χ1) is 7.72. The van der Waals surface area contributed by atoms with Gasteiger partial charge in [-0.25, -0.2) is 0 Å². The van der Waals surface area contributed by atoms with Crippen molar-refractivity contribution in [3.8, 4) is 6.07 Å². The smallest absolute Gasteiger partial charge is 0.103 e. The molecule has 2 rings (SSSR count). The van der Waals surface area contributed by atoms with Gasteiger partial charge < -0.3 is 10.4 Å². The lowest BCUT2D eigenvalue weighted by atomic mass is 10.2. The molecule has 1 aliphatic rings. The molecular weight excluding hydrogens is 268 g/mol. The summed E-state index contributed by atoms with van der Waals surface area (Å²) in [6.45, 7) is 0.510. The van der Waals surface area contributed by atoms with Crippen LogP contribution in [0.1, 0.15) is 18.4 Å². The number of halogens is 1. The van der Waals surface area contributed by atoms with Gasteiger partial charge in [0.15, 0.2) is 0 Å². The van der Waals surface area contributed by atoms with E-state index in [0.29, 0.717) is 18.0 Å². The van der Waals surface area contributed by atoms with Crippen molar-refractivity contribution < 1.29 is 5.11 Å². The first-order valence-electron chi connectivity index (χ1n) is 5.33. The van der Waals surface area contributed by atoms with Crippen molar-refractivity contribution in [1.82, 2.24) is 0 Å². The fourth-order valence-corrected chi connectivity index (χ4v) is 2.10. The van der Waals surface area contributed by atoms with E-state index in [0.717, 1.165) is 23.0 Å². The van der Waals surface area contributed by atoms with Crippen LogP contribution in [0.5, 0.6) is 0 Å². The standard InChI is InChI=1S/C12H13BrN2O/c13-10-2-1-3-11(9(10)6-14)15-7-12(16)8-4-5-8/h1-3,8,12,15-16H,4-5,7H2. The number of nitrogens with zero attached hydrogens (tertiary/aromatic N) is 1. The number of anilines is 1. The average molecular weight is 281 g/mol. The van der Waals surface area contributed by atoms with E-state index < -0.39 is 0 Å². The second kappa shape index (κ2) is 4.86. The van der Waals surface area contributed by atoms with Crippen molar-refractivity contribution >= 4 is 21.6 Å². The van der Waals surface area contributed by atoms with E-state index in [1.807, 2.05) is 18.2 Å². The molecule has 84 valence electrons. The summed E-state index contributed by atoms with van der Waals surface area (Å²) < 4.78 is 0.779. The van der Waals surface area contributed by atoms with Gasteiger partial charge in [0.2, 0.25) is 0 Å². The minimum Gasteiger partial charge on any atom is -0.391 e. The Morgan fingerprint density at radius 3 is 2.94 bits per heavy atom. The van der Waals surface area contributed by atoms with Crippen LogP contribution in [0, 0.1) is 17.2 Å². The van der Waals surface area contributed by atoms with Crippen molar-refractivity contribution in [2.75, 3.05) is 11.9 Å². The zero-order chi connectivity index (χ0) is 11.5. The number of rotatable bonds is 4. The fourth-order valence-electron chi connectivity index (χ4n) is 1.65. The SMILES string of the molecule is N#Cc1c(Br)cccc1NCC(O)C1CC1. The molecule has 0 radical (unpaired) electrons. The van der Waals surface area contributed by atoms with Gasteiger partial charge in [-0.2, -0.15) is 5.26 Å². The minimum absolute atomic E-state index is 0.300. The summed E-state index contributed by atoms with van der Waals surface area (Å²) >= 11 is 3.33. The van der Waals surface area contributed by atoms with Crippen LogP contribution < -0.4 is 5.32 Å². The summed E-state index contributed by atoms with van der Waals surface area (Å²) in [6, 6.07) is 7.70. The first kappa shape index (κ1) is 11.4. The highest BCUT2D eigenvalue weighted by Crippen LogP contribution is 2.33. The monoisotopic (exact) mass is 280 g/mol. The Labute approximate surface area is 103 Å². The molecule has 2 N–H and O–H groups in total. The highest BCUT2D eigenvalue weighted by Gasteiger charge is 2.29. The Morgan fingerprint density at radius 2 is 2.31 bits per heavy atom. The van der Waals surface area contributed by atoms with Crippen LogP contribution in [0.3, 0.4) is 0 Å². The molecule has 1 aliphatic carbocycles. The van der Waals surface area contributed by atoms with Crippen LogP contribution in [0.2, 0.25) is 0 Å². The van der Waals surface area contributed by atoms with Crippen molar-refractivity contribution in [3.63, 3.8) is 0 Å². The summed E-state index contributed by atoms with van der Waals surface area (Å²) in [7, 11) is 0. The number of aliphatic hydroxyl groups excluding tert-OH is 1. The van der Waals surface area contributed by atoms with Gasteiger partial charge in [0.25, 0.3) is 0 Å². The molecule has 0 amide bonds. The topological polar surface area (TPSA) is 56.0 Å². The van der Waals surface area contributed by atoms with Crippen LogP contribution in [-0.4, -0.2) is 17.8 Å². The molecule has 3 nitrogen and oxygen atoms in total. The predicted molar refractivity (Wildman–Crippen MR) is 66.1 cm³/mol. The molecule has 0 heterocycles. The Kier molecular flexibility index (Phi) is 3.47. The molecule has 1 fully saturated rings. The third-order valence-corrected chi connectivity index (χ3v) is 3.45. The molecule has 1 saturated carbocycles. The molecule has 1 atom stereocenters. The Balaban J connectivity index is 2.03. The Bertz CT molecular complexity index is 424. The number of hydrogen-bond acceptors (Lipinski definition) is 3. The number of hydrogen-bond donors (Lipinski definition) is 2. The van der Waals surface area contributed by atoms with E-state index in [-0.39, 0.29) is 6.10 Å². The molecule has 0 bridgehead atoms. The molecule has 1 unspecified atom stereocenters. The number of benzene rings is 1. The van der Waals surface area contributed by atoms with Crippen molar-refractivity contribution in [2.24, 2.45) is 5.92 Å². The normalized spacial score (nSPS) is 16.6. The van der Waals surface area contributed by atoms with Gasteiger partial charge in [0, 0.05) is 11.0 Å². The lowest BCUT2D eigenvalue weighted by molar-refractivity contribution is 0.164. The van der Waals surface area contributed by atoms with Crippen LogP contribution in [-0.2, 0) is 0 Å². The summed E-state index contributed by atoms with van der Waals surface area (Å²) in [5.41, 5.74) is 1.36. The van der Waals surface area contributed by atoms with E-state index >= 15 is 0 Å². The lowest BCUT2D eigenvalue weighted by Gasteiger charge is -2.13. The Hall–Kier alpha value is -1.05. The molecule has 0 saturated heterocycles. The van der Waals surface area contributed by atoms with Crippen LogP contribution in [0.25, 0.3) is 0 Å². The third kappa shape index (κ3) is 2.55. The molecule has 16 heavy (non-hydrogen) atoms. The maximum absolute atomic E-state index is 9.73. The Morgan fingerprint density at radius 1 is 1.56 bits per heavy atom. The minimum atomic E-state index is -0.300. The van der Waals surface area contributed by atoms with Gasteiger partial charge in [-0.3, -0.25) is 0 Å². The zero-order valence-electron chi connectivity index (χ0n) is 8.78. The second-order valence-corrected chi connectivity index (χ2v) is 4.91. The average Bonchev–Trinajstić information content (AvgIpc) is 3.09. The first-order valence-corrected chi connectivity index (χ1v) is 6.12. The molecule has 0 aliphatic heterocycles. The number of nitrogens with one attached hydrogen (secondary N) is 1. The van der Waals surface area contributed by atoms with Gasteiger partial charge >= 0.3 is 0 Å². The molecule has 1 aromatic carbocycles. The lowest BCUT2D eigenvalue weighted by Crippen LogP contribution is -2.21. The van der Waals surface area contributed by atoms with Crippen LogP contribution >= 0.6 is 15.9 Å². The maximum Gasteiger partial charge on any atom is 0.103 e. The second-order valence-electron chi connectivity index (χ2n) is 4.06. The summed E-state index contributed by atoms with van der Waals surface area (Å²) in [5.74, 6) is 0.449. The zero-order valence-corrected chi connectivity index (χ0v) is 10.4. The highest BCUT2D eigenvalue weighted by atomic mass is 79.9. The predicted octanol–water partition coefficient (Wildman–Crippen LogP) is 2.50. The van der Waals surface area contributed by atoms with Gasteiger partial charge in [-0.05, 0) is 46.8 Å². The van der Waals surface area contributed by atoms with Gasteiger partial charge in [0.1, 0.15) is 6.07 Å². The third-order valence-electron chi connectivity index (χ3n) is 2.79. The quantitative estimate of drug-likeness (QED) is 0.891. The van der Waals surface area contributed by atoms with Crippen LogP contribution in [0.15, 0.2) is 22.7 Å². The molecular formula is C12H13BrN2O. The molecule has 1 aromatic rings.